The van der Waals surface area contributed by atoms with Crippen LogP contribution in [0.1, 0.15) is 10.6 Å². The van der Waals surface area contributed by atoms with Crippen LogP contribution in [-0.4, -0.2) is 24.6 Å². The molecule has 20 heavy (non-hydrogen) atoms. The number of benzene rings is 1. The van der Waals surface area contributed by atoms with Gasteiger partial charge in [-0.3, -0.25) is 4.31 Å². The molecule has 1 aliphatic rings. The number of sulfonamides is 1. The summed E-state index contributed by atoms with van der Waals surface area (Å²) in [6.07, 6.45) is 0.749. The van der Waals surface area contributed by atoms with Gasteiger partial charge in [0.1, 0.15) is 4.66 Å². The molecule has 4 nitrogen and oxygen atoms in total. The van der Waals surface area contributed by atoms with E-state index in [2.05, 4.69) is 20.9 Å². The fourth-order valence-electron chi connectivity index (χ4n) is 2.37. The van der Waals surface area contributed by atoms with Crippen molar-refractivity contribution in [3.63, 3.8) is 0 Å². The van der Waals surface area contributed by atoms with E-state index >= 15 is 0 Å². The van der Waals surface area contributed by atoms with Gasteiger partial charge in [0.25, 0.3) is 0 Å². The molecule has 2 aromatic rings. The Labute approximate surface area is 130 Å². The first kappa shape index (κ1) is 14.0. The highest BCUT2D eigenvalue weighted by Crippen LogP contribution is 2.34. The first-order chi connectivity index (χ1) is 9.51. The Morgan fingerprint density at radius 3 is 2.90 bits per heavy atom. The maximum Gasteiger partial charge on any atom is 0.245 e. The van der Waals surface area contributed by atoms with Crippen LogP contribution in [0.4, 0.5) is 5.69 Å². The van der Waals surface area contributed by atoms with Crippen LogP contribution in [0.3, 0.4) is 0 Å². The molecule has 7 heteroatoms. The SMILES string of the molecule is Cc1nc(-c2ccc3c(c2)CCN3S(=O)(=O)CBr)cs1. The molecular formula is C13H13BrN2O2S2. The standard InChI is InChI=1S/C13H13BrN2O2S2/c1-9-15-12(7-19-9)10-2-3-13-11(6-10)4-5-16(13)20(17,18)8-14/h2-3,6-7H,4-5,8H2,1H3. The van der Waals surface area contributed by atoms with Crippen molar-refractivity contribution in [1.82, 2.24) is 4.98 Å². The van der Waals surface area contributed by atoms with E-state index in [0.717, 1.165) is 33.9 Å². The van der Waals surface area contributed by atoms with Gasteiger partial charge in [-0.25, -0.2) is 13.4 Å². The van der Waals surface area contributed by atoms with Crippen LogP contribution in [-0.2, 0) is 16.4 Å². The number of hydrogen-bond acceptors (Lipinski definition) is 4. The topological polar surface area (TPSA) is 50.3 Å². The predicted molar refractivity (Wildman–Crippen MR) is 86.1 cm³/mol. The lowest BCUT2D eigenvalue weighted by Gasteiger charge is -2.17. The number of nitrogens with zero attached hydrogens (tertiary/aromatic N) is 2. The van der Waals surface area contributed by atoms with Gasteiger partial charge in [0.15, 0.2) is 0 Å². The van der Waals surface area contributed by atoms with Crippen LogP contribution in [0.15, 0.2) is 23.6 Å². The zero-order valence-electron chi connectivity index (χ0n) is 10.8. The van der Waals surface area contributed by atoms with E-state index in [4.69, 9.17) is 0 Å². The first-order valence-electron chi connectivity index (χ1n) is 6.13. The van der Waals surface area contributed by atoms with Gasteiger partial charge >= 0.3 is 0 Å². The normalized spacial score (nSPS) is 14.6. The average molecular weight is 373 g/mol. The Morgan fingerprint density at radius 1 is 1.45 bits per heavy atom. The van der Waals surface area contributed by atoms with Gasteiger partial charge in [0.2, 0.25) is 10.0 Å². The summed E-state index contributed by atoms with van der Waals surface area (Å²) in [7, 11) is -3.25. The number of aryl methyl sites for hydroxylation is 1. The van der Waals surface area contributed by atoms with Gasteiger partial charge in [0, 0.05) is 17.5 Å². The lowest BCUT2D eigenvalue weighted by molar-refractivity contribution is 0.597. The average Bonchev–Trinajstić information content (AvgIpc) is 3.04. The third-order valence-corrected chi connectivity index (χ3v) is 7.16. The quantitative estimate of drug-likeness (QED) is 0.777. The minimum absolute atomic E-state index is 0.0491. The third kappa shape index (κ3) is 2.38. The number of rotatable bonds is 3. The molecule has 1 aromatic carbocycles. The summed E-state index contributed by atoms with van der Waals surface area (Å²) in [5.74, 6) is 0. The Hall–Kier alpha value is -0.920. The van der Waals surface area contributed by atoms with Crippen LogP contribution in [0.25, 0.3) is 11.3 Å². The zero-order valence-corrected chi connectivity index (χ0v) is 14.1. The van der Waals surface area contributed by atoms with Crippen molar-refractivity contribution in [2.24, 2.45) is 0 Å². The van der Waals surface area contributed by atoms with E-state index < -0.39 is 10.0 Å². The van der Waals surface area contributed by atoms with Crippen molar-refractivity contribution < 1.29 is 8.42 Å². The highest BCUT2D eigenvalue weighted by Gasteiger charge is 2.28. The second-order valence-electron chi connectivity index (χ2n) is 4.64. The Balaban J connectivity index is 2.00. The van der Waals surface area contributed by atoms with E-state index in [1.165, 1.54) is 4.31 Å². The van der Waals surface area contributed by atoms with Crippen molar-refractivity contribution in [2.45, 2.75) is 13.3 Å². The van der Waals surface area contributed by atoms with E-state index in [1.54, 1.807) is 11.3 Å². The molecule has 2 heterocycles. The molecule has 0 spiro atoms. The maximum atomic E-state index is 12.0. The summed E-state index contributed by atoms with van der Waals surface area (Å²) < 4.78 is 25.4. The number of aromatic nitrogens is 1. The second kappa shape index (κ2) is 5.13. The highest BCUT2D eigenvalue weighted by atomic mass is 79.9. The van der Waals surface area contributed by atoms with Gasteiger partial charge in [-0.1, -0.05) is 22.0 Å². The van der Waals surface area contributed by atoms with Crippen molar-refractivity contribution in [1.29, 1.82) is 0 Å². The minimum Gasteiger partial charge on any atom is -0.269 e. The van der Waals surface area contributed by atoms with E-state index in [-0.39, 0.29) is 4.66 Å². The summed E-state index contributed by atoms with van der Waals surface area (Å²) in [6.45, 7) is 2.49. The van der Waals surface area contributed by atoms with Crippen molar-refractivity contribution in [3.05, 3.63) is 34.2 Å². The number of alkyl halides is 1. The molecular weight excluding hydrogens is 360 g/mol. The fraction of sp³-hybridized carbons (Fsp3) is 0.308. The summed E-state index contributed by atoms with van der Waals surface area (Å²) in [5, 5.41) is 3.06. The molecule has 0 saturated carbocycles. The fourth-order valence-corrected chi connectivity index (χ4v) is 4.70. The summed E-state index contributed by atoms with van der Waals surface area (Å²) in [5.41, 5.74) is 3.86. The number of thiazole rings is 1. The van der Waals surface area contributed by atoms with Crippen LogP contribution in [0.2, 0.25) is 0 Å². The first-order valence-corrected chi connectivity index (χ1v) is 9.74. The second-order valence-corrected chi connectivity index (χ2v) is 8.90. The van der Waals surface area contributed by atoms with Crippen LogP contribution >= 0.6 is 27.3 Å². The molecule has 0 fully saturated rings. The minimum atomic E-state index is -3.25. The lowest BCUT2D eigenvalue weighted by Crippen LogP contribution is -2.29. The maximum absolute atomic E-state index is 12.0. The van der Waals surface area contributed by atoms with Crippen molar-refractivity contribution in [2.75, 3.05) is 15.5 Å². The molecule has 1 aliphatic heterocycles. The van der Waals surface area contributed by atoms with Crippen LogP contribution in [0.5, 0.6) is 0 Å². The molecule has 0 N–H and O–H groups in total. The van der Waals surface area contributed by atoms with E-state index in [1.807, 2.05) is 30.5 Å². The molecule has 3 rings (SSSR count). The van der Waals surface area contributed by atoms with Crippen molar-refractivity contribution in [3.8, 4) is 11.3 Å². The van der Waals surface area contributed by atoms with Gasteiger partial charge in [-0.05, 0) is 31.0 Å². The Morgan fingerprint density at radius 2 is 2.25 bits per heavy atom. The molecule has 0 unspecified atom stereocenters. The predicted octanol–water partition coefficient (Wildman–Crippen LogP) is 3.16. The largest absolute Gasteiger partial charge is 0.269 e. The van der Waals surface area contributed by atoms with Gasteiger partial charge in [-0.2, -0.15) is 0 Å². The smallest absolute Gasteiger partial charge is 0.245 e. The third-order valence-electron chi connectivity index (χ3n) is 3.32. The molecule has 0 aliphatic carbocycles. The monoisotopic (exact) mass is 372 g/mol. The van der Waals surface area contributed by atoms with E-state index in [0.29, 0.717) is 6.54 Å². The molecule has 106 valence electrons. The molecule has 0 amide bonds. The summed E-state index contributed by atoms with van der Waals surface area (Å²) in [4.78, 5) is 4.47. The van der Waals surface area contributed by atoms with Gasteiger partial charge < -0.3 is 0 Å². The molecule has 1 aromatic heterocycles. The van der Waals surface area contributed by atoms with Crippen LogP contribution in [0, 0.1) is 6.92 Å². The highest BCUT2D eigenvalue weighted by molar-refractivity contribution is 9.10. The number of halogens is 1. The zero-order chi connectivity index (χ0) is 14.3. The van der Waals surface area contributed by atoms with Crippen LogP contribution < -0.4 is 4.31 Å². The van der Waals surface area contributed by atoms with E-state index in [9.17, 15) is 8.42 Å². The van der Waals surface area contributed by atoms with Gasteiger partial charge in [-0.15, -0.1) is 11.3 Å². The number of anilines is 1. The Bertz CT molecular complexity index is 755. The Kier molecular flexibility index (Phi) is 3.60. The molecule has 0 bridgehead atoms. The summed E-state index contributed by atoms with van der Waals surface area (Å²) in [6, 6.07) is 5.87. The lowest BCUT2D eigenvalue weighted by atomic mass is 10.1. The summed E-state index contributed by atoms with van der Waals surface area (Å²) >= 11 is 4.67. The molecule has 0 atom stereocenters. The van der Waals surface area contributed by atoms with Crippen molar-refractivity contribution >= 4 is 43.0 Å². The molecule has 0 saturated heterocycles. The van der Waals surface area contributed by atoms with Gasteiger partial charge in [0.05, 0.1) is 16.4 Å². The number of hydrogen-bond donors (Lipinski definition) is 0. The molecule has 0 radical (unpaired) electrons. The number of fused-ring (bicyclic) bond motifs is 1.